The van der Waals surface area contributed by atoms with E-state index < -0.39 is 0 Å². The number of carbonyl (C=O) groups is 1. The van der Waals surface area contributed by atoms with Crippen LogP contribution in [0.1, 0.15) is 32.1 Å². The molecule has 1 aromatic carbocycles. The number of amides is 2. The van der Waals surface area contributed by atoms with E-state index in [1.807, 2.05) is 18.2 Å². The molecular formula is C17H22N2O3. The summed E-state index contributed by atoms with van der Waals surface area (Å²) in [7, 11) is 0. The van der Waals surface area contributed by atoms with Crippen LogP contribution in [0.2, 0.25) is 0 Å². The topological polar surface area (TPSA) is 59.6 Å². The van der Waals surface area contributed by atoms with Crippen LogP contribution in [-0.2, 0) is 0 Å². The van der Waals surface area contributed by atoms with Crippen LogP contribution in [0.25, 0.3) is 0 Å². The lowest BCUT2D eigenvalue weighted by molar-refractivity contribution is 0.172. The van der Waals surface area contributed by atoms with Crippen LogP contribution >= 0.6 is 0 Å². The van der Waals surface area contributed by atoms with Gasteiger partial charge < -0.3 is 20.1 Å². The van der Waals surface area contributed by atoms with Crippen LogP contribution in [0.4, 0.5) is 10.5 Å². The highest BCUT2D eigenvalue weighted by atomic mass is 16.6. The fourth-order valence-electron chi connectivity index (χ4n) is 2.81. The van der Waals surface area contributed by atoms with E-state index in [0.29, 0.717) is 36.9 Å². The molecule has 118 valence electrons. The van der Waals surface area contributed by atoms with Gasteiger partial charge in [-0.2, -0.15) is 0 Å². The zero-order chi connectivity index (χ0) is 15.2. The number of hydrogen-bond acceptors (Lipinski definition) is 3. The lowest BCUT2D eigenvalue weighted by atomic mass is 9.97. The largest absolute Gasteiger partial charge is 0.486 e. The zero-order valence-corrected chi connectivity index (χ0v) is 12.7. The summed E-state index contributed by atoms with van der Waals surface area (Å²) in [5, 5.41) is 5.73. The van der Waals surface area contributed by atoms with Crippen molar-refractivity contribution in [2.24, 2.45) is 0 Å². The van der Waals surface area contributed by atoms with E-state index >= 15 is 0 Å². The maximum absolute atomic E-state index is 12.0. The lowest BCUT2D eigenvalue weighted by Crippen LogP contribution is -2.30. The van der Waals surface area contributed by atoms with Crippen LogP contribution in [0.5, 0.6) is 11.5 Å². The Balaban J connectivity index is 1.50. The van der Waals surface area contributed by atoms with Crippen LogP contribution in [0.3, 0.4) is 0 Å². The predicted molar refractivity (Wildman–Crippen MR) is 85.6 cm³/mol. The van der Waals surface area contributed by atoms with E-state index in [9.17, 15) is 4.79 Å². The minimum absolute atomic E-state index is 0.209. The summed E-state index contributed by atoms with van der Waals surface area (Å²) in [5.74, 6) is 1.29. The molecule has 5 nitrogen and oxygen atoms in total. The molecular weight excluding hydrogens is 280 g/mol. The van der Waals surface area contributed by atoms with E-state index in [1.54, 1.807) is 0 Å². The molecule has 5 heteroatoms. The average Bonchev–Trinajstić information content (AvgIpc) is 2.56. The third-order valence-electron chi connectivity index (χ3n) is 3.93. The van der Waals surface area contributed by atoms with Crippen molar-refractivity contribution in [2.45, 2.75) is 32.1 Å². The van der Waals surface area contributed by atoms with Crippen molar-refractivity contribution < 1.29 is 14.3 Å². The Labute approximate surface area is 130 Å². The van der Waals surface area contributed by atoms with Crippen LogP contribution in [-0.4, -0.2) is 25.8 Å². The molecule has 0 aromatic heterocycles. The first-order valence-corrected chi connectivity index (χ1v) is 7.94. The number of rotatable bonds is 4. The number of benzene rings is 1. The van der Waals surface area contributed by atoms with E-state index in [4.69, 9.17) is 9.47 Å². The summed E-state index contributed by atoms with van der Waals surface area (Å²) in [4.78, 5) is 12.0. The van der Waals surface area contributed by atoms with Gasteiger partial charge in [-0.3, -0.25) is 0 Å². The monoisotopic (exact) mass is 302 g/mol. The average molecular weight is 302 g/mol. The molecule has 1 heterocycles. The summed E-state index contributed by atoms with van der Waals surface area (Å²) in [6, 6.07) is 5.29. The van der Waals surface area contributed by atoms with Gasteiger partial charge in [0.1, 0.15) is 13.2 Å². The second kappa shape index (κ2) is 7.20. The van der Waals surface area contributed by atoms with Crippen LogP contribution in [0, 0.1) is 0 Å². The second-order valence-corrected chi connectivity index (χ2v) is 5.57. The zero-order valence-electron chi connectivity index (χ0n) is 12.7. The van der Waals surface area contributed by atoms with Gasteiger partial charge in [0.2, 0.25) is 0 Å². The van der Waals surface area contributed by atoms with Gasteiger partial charge in [0.15, 0.2) is 11.5 Å². The molecule has 2 aliphatic rings. The van der Waals surface area contributed by atoms with Crippen LogP contribution < -0.4 is 20.1 Å². The third kappa shape index (κ3) is 3.72. The van der Waals surface area contributed by atoms with Gasteiger partial charge in [-0.15, -0.1) is 0 Å². The van der Waals surface area contributed by atoms with E-state index in [-0.39, 0.29) is 6.03 Å². The third-order valence-corrected chi connectivity index (χ3v) is 3.93. The Kier molecular flexibility index (Phi) is 4.83. The van der Waals surface area contributed by atoms with Gasteiger partial charge in [-0.05, 0) is 44.2 Å². The minimum atomic E-state index is -0.209. The summed E-state index contributed by atoms with van der Waals surface area (Å²) < 4.78 is 11.1. The Bertz CT molecular complexity index is 569. The number of hydrogen-bond donors (Lipinski definition) is 2. The molecule has 2 amide bonds. The predicted octanol–water partition coefficient (Wildman–Crippen LogP) is 3.47. The van der Waals surface area contributed by atoms with Crippen molar-refractivity contribution in [1.82, 2.24) is 5.32 Å². The maximum Gasteiger partial charge on any atom is 0.319 e. The molecule has 0 spiro atoms. The van der Waals surface area contributed by atoms with Gasteiger partial charge in [0.25, 0.3) is 0 Å². The Morgan fingerprint density at radius 2 is 2.09 bits per heavy atom. The molecule has 2 N–H and O–H groups in total. The SMILES string of the molecule is O=C(NCCC1=CCCCC1)Nc1cccc2c1OCCO2. The molecule has 0 fully saturated rings. The number of ether oxygens (including phenoxy) is 2. The molecule has 3 rings (SSSR count). The minimum Gasteiger partial charge on any atom is -0.486 e. The number of anilines is 1. The molecule has 0 saturated heterocycles. The molecule has 1 aliphatic heterocycles. The molecule has 0 saturated carbocycles. The van der Waals surface area contributed by atoms with Crippen molar-refractivity contribution in [2.75, 3.05) is 25.1 Å². The number of nitrogens with one attached hydrogen (secondary N) is 2. The number of urea groups is 1. The smallest absolute Gasteiger partial charge is 0.319 e. The van der Waals surface area contributed by atoms with Gasteiger partial charge in [-0.25, -0.2) is 4.79 Å². The Hall–Kier alpha value is -2.17. The van der Waals surface area contributed by atoms with Crippen LogP contribution in [0.15, 0.2) is 29.8 Å². The maximum atomic E-state index is 12.0. The summed E-state index contributed by atoms with van der Waals surface area (Å²) >= 11 is 0. The fraction of sp³-hybridized carbons (Fsp3) is 0.471. The molecule has 1 aliphatic carbocycles. The van der Waals surface area contributed by atoms with Crippen molar-refractivity contribution in [3.05, 3.63) is 29.8 Å². The molecule has 0 radical (unpaired) electrons. The molecule has 22 heavy (non-hydrogen) atoms. The van der Waals surface area contributed by atoms with E-state index in [0.717, 1.165) is 6.42 Å². The molecule has 1 aromatic rings. The van der Waals surface area contributed by atoms with E-state index in [2.05, 4.69) is 16.7 Å². The second-order valence-electron chi connectivity index (χ2n) is 5.57. The molecule has 0 bridgehead atoms. The van der Waals surface area contributed by atoms with Crippen molar-refractivity contribution in [3.63, 3.8) is 0 Å². The highest BCUT2D eigenvalue weighted by Gasteiger charge is 2.16. The highest BCUT2D eigenvalue weighted by molar-refractivity contribution is 5.91. The van der Waals surface area contributed by atoms with Gasteiger partial charge in [-0.1, -0.05) is 17.7 Å². The standard InChI is InChI=1S/C17H22N2O3/c20-17(18-10-9-13-5-2-1-3-6-13)19-14-7-4-8-15-16(14)22-12-11-21-15/h4-5,7-8H,1-3,6,9-12H2,(H2,18,19,20). The number of carbonyl (C=O) groups excluding carboxylic acids is 1. The number of fused-ring (bicyclic) bond motifs is 1. The first kappa shape index (κ1) is 14.8. The van der Waals surface area contributed by atoms with Crippen molar-refractivity contribution >= 4 is 11.7 Å². The molecule has 0 atom stereocenters. The Morgan fingerprint density at radius 3 is 2.95 bits per heavy atom. The normalized spacial score (nSPS) is 16.6. The van der Waals surface area contributed by atoms with Crippen molar-refractivity contribution in [3.8, 4) is 11.5 Å². The number of allylic oxidation sites excluding steroid dienone is 1. The lowest BCUT2D eigenvalue weighted by Gasteiger charge is -2.21. The van der Waals surface area contributed by atoms with Gasteiger partial charge in [0.05, 0.1) is 5.69 Å². The molecule has 0 unspecified atom stereocenters. The van der Waals surface area contributed by atoms with Gasteiger partial charge >= 0.3 is 6.03 Å². The highest BCUT2D eigenvalue weighted by Crippen LogP contribution is 2.37. The van der Waals surface area contributed by atoms with Gasteiger partial charge in [0, 0.05) is 6.54 Å². The Morgan fingerprint density at radius 1 is 1.18 bits per heavy atom. The number of para-hydroxylation sites is 1. The first-order valence-electron chi connectivity index (χ1n) is 7.94. The van der Waals surface area contributed by atoms with E-state index in [1.165, 1.54) is 31.3 Å². The van der Waals surface area contributed by atoms with Crippen molar-refractivity contribution in [1.29, 1.82) is 0 Å². The first-order chi connectivity index (χ1) is 10.8. The summed E-state index contributed by atoms with van der Waals surface area (Å²) in [6.07, 6.45) is 8.14. The summed E-state index contributed by atoms with van der Waals surface area (Å²) in [6.45, 7) is 1.70. The fourth-order valence-corrected chi connectivity index (χ4v) is 2.81. The summed E-state index contributed by atoms with van der Waals surface area (Å²) in [5.41, 5.74) is 2.10. The quantitative estimate of drug-likeness (QED) is 0.837.